The van der Waals surface area contributed by atoms with Gasteiger partial charge in [-0.3, -0.25) is 4.79 Å². The molecule has 0 spiro atoms. The van der Waals surface area contributed by atoms with Gasteiger partial charge in [0.1, 0.15) is 0 Å². The molecule has 2 unspecified atom stereocenters. The number of amides is 1. The minimum Gasteiger partial charge on any atom is -0.391 e. The normalized spacial score (nSPS) is 31.1. The van der Waals surface area contributed by atoms with Crippen LogP contribution in [-0.2, 0) is 4.79 Å². The van der Waals surface area contributed by atoms with Crippen LogP contribution in [0.2, 0.25) is 0 Å². The molecule has 1 aliphatic carbocycles. The third-order valence-corrected chi connectivity index (χ3v) is 2.91. The molecule has 1 amide bonds. The fourth-order valence-corrected chi connectivity index (χ4v) is 1.80. The number of carbonyl (C=O) groups is 1. The molecule has 0 aromatic carbocycles. The molecule has 74 valence electrons. The second-order valence-electron chi connectivity index (χ2n) is 4.08. The molecular weight excluding hydrogens is 168 g/mol. The van der Waals surface area contributed by atoms with Gasteiger partial charge in [-0.25, -0.2) is 0 Å². The SMILES string of the molecule is NC1CCN(CC(O)C2CC2)C1=O. The van der Waals surface area contributed by atoms with E-state index in [1.54, 1.807) is 4.90 Å². The molecule has 1 heterocycles. The molecule has 2 atom stereocenters. The van der Waals surface area contributed by atoms with E-state index in [4.69, 9.17) is 5.73 Å². The van der Waals surface area contributed by atoms with Gasteiger partial charge in [-0.2, -0.15) is 0 Å². The molecule has 0 radical (unpaired) electrons. The summed E-state index contributed by atoms with van der Waals surface area (Å²) in [6.45, 7) is 1.20. The Bertz CT molecular complexity index is 216. The smallest absolute Gasteiger partial charge is 0.239 e. The van der Waals surface area contributed by atoms with Crippen molar-refractivity contribution < 1.29 is 9.90 Å². The lowest BCUT2D eigenvalue weighted by Gasteiger charge is -2.19. The number of hydrogen-bond acceptors (Lipinski definition) is 3. The average molecular weight is 184 g/mol. The first kappa shape index (κ1) is 8.97. The highest BCUT2D eigenvalue weighted by atomic mass is 16.3. The van der Waals surface area contributed by atoms with Gasteiger partial charge in [0.05, 0.1) is 12.1 Å². The number of rotatable bonds is 3. The predicted molar refractivity (Wildman–Crippen MR) is 47.9 cm³/mol. The Morgan fingerprint density at radius 3 is 2.69 bits per heavy atom. The third-order valence-electron chi connectivity index (χ3n) is 2.91. The zero-order valence-electron chi connectivity index (χ0n) is 7.65. The monoisotopic (exact) mass is 184 g/mol. The summed E-state index contributed by atoms with van der Waals surface area (Å²) in [4.78, 5) is 13.1. The molecule has 13 heavy (non-hydrogen) atoms. The molecule has 4 heteroatoms. The zero-order valence-corrected chi connectivity index (χ0v) is 7.65. The van der Waals surface area contributed by atoms with Gasteiger partial charge in [-0.15, -0.1) is 0 Å². The molecule has 2 aliphatic rings. The fourth-order valence-electron chi connectivity index (χ4n) is 1.80. The first-order valence-corrected chi connectivity index (χ1v) is 4.91. The van der Waals surface area contributed by atoms with Gasteiger partial charge in [0.25, 0.3) is 0 Å². The van der Waals surface area contributed by atoms with Gasteiger partial charge in [-0.05, 0) is 25.2 Å². The van der Waals surface area contributed by atoms with E-state index in [1.807, 2.05) is 0 Å². The van der Waals surface area contributed by atoms with Crippen LogP contribution in [0.15, 0.2) is 0 Å². The van der Waals surface area contributed by atoms with E-state index in [2.05, 4.69) is 0 Å². The van der Waals surface area contributed by atoms with E-state index in [0.717, 1.165) is 19.3 Å². The van der Waals surface area contributed by atoms with E-state index in [-0.39, 0.29) is 18.1 Å². The molecule has 0 aromatic heterocycles. The molecule has 1 saturated heterocycles. The summed E-state index contributed by atoms with van der Waals surface area (Å²) < 4.78 is 0. The van der Waals surface area contributed by atoms with Gasteiger partial charge in [0.15, 0.2) is 0 Å². The fraction of sp³-hybridized carbons (Fsp3) is 0.889. The third kappa shape index (κ3) is 1.84. The van der Waals surface area contributed by atoms with Crippen LogP contribution >= 0.6 is 0 Å². The van der Waals surface area contributed by atoms with Crippen molar-refractivity contribution in [3.05, 3.63) is 0 Å². The van der Waals surface area contributed by atoms with E-state index in [1.165, 1.54) is 0 Å². The molecule has 1 saturated carbocycles. The van der Waals surface area contributed by atoms with Crippen LogP contribution in [-0.4, -0.2) is 41.1 Å². The van der Waals surface area contributed by atoms with Crippen molar-refractivity contribution in [2.45, 2.75) is 31.4 Å². The molecule has 2 fully saturated rings. The van der Waals surface area contributed by atoms with E-state index < -0.39 is 0 Å². The number of β-amino-alcohol motifs (C(OH)–C–C–N with tert-alkyl or cyclic N) is 1. The Hall–Kier alpha value is -0.610. The Kier molecular flexibility index (Phi) is 2.26. The lowest BCUT2D eigenvalue weighted by atomic mass is 10.2. The molecule has 4 nitrogen and oxygen atoms in total. The van der Waals surface area contributed by atoms with Crippen molar-refractivity contribution in [2.24, 2.45) is 11.7 Å². The summed E-state index contributed by atoms with van der Waals surface area (Å²) in [6, 6.07) is -0.327. The minimum absolute atomic E-state index is 0.000278. The maximum Gasteiger partial charge on any atom is 0.239 e. The predicted octanol–water partition coefficient (Wildman–Crippen LogP) is -0.683. The first-order valence-electron chi connectivity index (χ1n) is 4.91. The second-order valence-corrected chi connectivity index (χ2v) is 4.08. The quantitative estimate of drug-likeness (QED) is 0.610. The van der Waals surface area contributed by atoms with Crippen molar-refractivity contribution in [2.75, 3.05) is 13.1 Å². The largest absolute Gasteiger partial charge is 0.391 e. The number of likely N-dealkylation sites (tertiary alicyclic amines) is 1. The highest BCUT2D eigenvalue weighted by molar-refractivity contribution is 5.83. The number of hydrogen-bond donors (Lipinski definition) is 2. The van der Waals surface area contributed by atoms with Crippen LogP contribution < -0.4 is 5.73 Å². The Balaban J connectivity index is 1.84. The minimum atomic E-state index is -0.327. The van der Waals surface area contributed by atoms with Crippen LogP contribution in [0.3, 0.4) is 0 Å². The number of nitrogens with two attached hydrogens (primary N) is 1. The van der Waals surface area contributed by atoms with Crippen LogP contribution in [0.1, 0.15) is 19.3 Å². The topological polar surface area (TPSA) is 66.6 Å². The van der Waals surface area contributed by atoms with Gasteiger partial charge in [-0.1, -0.05) is 0 Å². The van der Waals surface area contributed by atoms with Crippen LogP contribution in [0.4, 0.5) is 0 Å². The van der Waals surface area contributed by atoms with Crippen molar-refractivity contribution in [3.8, 4) is 0 Å². The molecule has 0 aromatic rings. The van der Waals surface area contributed by atoms with Crippen LogP contribution in [0.25, 0.3) is 0 Å². The van der Waals surface area contributed by atoms with Gasteiger partial charge >= 0.3 is 0 Å². The summed E-state index contributed by atoms with van der Waals surface area (Å²) in [5.74, 6) is 0.435. The molecular formula is C9H16N2O2. The number of aliphatic hydroxyl groups is 1. The molecule has 0 bridgehead atoms. The zero-order chi connectivity index (χ0) is 9.42. The summed E-state index contributed by atoms with van der Waals surface area (Å²) >= 11 is 0. The standard InChI is InChI=1S/C9H16N2O2/c10-7-3-4-11(9(7)13)5-8(12)6-1-2-6/h6-8,12H,1-5,10H2. The lowest BCUT2D eigenvalue weighted by molar-refractivity contribution is -0.130. The summed E-state index contributed by atoms with van der Waals surface area (Å²) in [7, 11) is 0. The second kappa shape index (κ2) is 3.27. The number of nitrogens with zero attached hydrogens (tertiary/aromatic N) is 1. The van der Waals surface area contributed by atoms with Crippen molar-refractivity contribution in [1.82, 2.24) is 4.90 Å². The highest BCUT2D eigenvalue weighted by Gasteiger charge is 2.35. The highest BCUT2D eigenvalue weighted by Crippen LogP contribution is 2.33. The number of carbonyl (C=O) groups excluding carboxylic acids is 1. The Morgan fingerprint density at radius 1 is 1.54 bits per heavy atom. The van der Waals surface area contributed by atoms with Crippen molar-refractivity contribution in [1.29, 1.82) is 0 Å². The van der Waals surface area contributed by atoms with Gasteiger partial charge < -0.3 is 15.7 Å². The molecule has 2 rings (SSSR count). The average Bonchev–Trinajstić information content (AvgIpc) is 2.89. The van der Waals surface area contributed by atoms with Crippen LogP contribution in [0.5, 0.6) is 0 Å². The Labute approximate surface area is 77.7 Å². The first-order chi connectivity index (χ1) is 6.18. The van der Waals surface area contributed by atoms with Crippen molar-refractivity contribution >= 4 is 5.91 Å². The van der Waals surface area contributed by atoms with E-state index in [9.17, 15) is 9.90 Å². The molecule has 1 aliphatic heterocycles. The van der Waals surface area contributed by atoms with Gasteiger partial charge in [0.2, 0.25) is 5.91 Å². The maximum absolute atomic E-state index is 11.4. The Morgan fingerprint density at radius 2 is 2.23 bits per heavy atom. The molecule has 3 N–H and O–H groups in total. The number of aliphatic hydroxyl groups excluding tert-OH is 1. The van der Waals surface area contributed by atoms with E-state index in [0.29, 0.717) is 19.0 Å². The summed E-state index contributed by atoms with van der Waals surface area (Å²) in [5, 5.41) is 9.62. The lowest BCUT2D eigenvalue weighted by Crippen LogP contribution is -2.39. The van der Waals surface area contributed by atoms with Gasteiger partial charge in [0, 0.05) is 13.1 Å². The summed E-state index contributed by atoms with van der Waals surface area (Å²) in [5.41, 5.74) is 5.56. The van der Waals surface area contributed by atoms with Crippen LogP contribution in [0, 0.1) is 5.92 Å². The van der Waals surface area contributed by atoms with E-state index >= 15 is 0 Å². The van der Waals surface area contributed by atoms with Crippen molar-refractivity contribution in [3.63, 3.8) is 0 Å². The summed E-state index contributed by atoms with van der Waals surface area (Å²) in [6.07, 6.45) is 2.62. The maximum atomic E-state index is 11.4.